The topological polar surface area (TPSA) is 3.24 Å². The van der Waals surface area contributed by atoms with E-state index < -0.39 is 0 Å². The van der Waals surface area contributed by atoms with Crippen LogP contribution in [0.25, 0.3) is 26.1 Å². The van der Waals surface area contributed by atoms with Gasteiger partial charge in [-0.05, 0) is 53.6 Å². The minimum Gasteiger partial charge on any atom is -0.336 e. The highest BCUT2D eigenvalue weighted by Gasteiger charge is 2.14. The molecule has 2 aromatic carbocycles. The summed E-state index contributed by atoms with van der Waals surface area (Å²) in [6.07, 6.45) is 8.10. The number of fused-ring (bicyclic) bond motifs is 1. The van der Waals surface area contributed by atoms with E-state index in [0.717, 1.165) is 6.42 Å². The number of anilines is 2. The maximum atomic E-state index is 2.39. The second kappa shape index (κ2) is 7.66. The molecule has 0 amide bonds. The normalized spacial score (nSPS) is 16.2. The fourth-order valence-corrected chi connectivity index (χ4v) is 5.97. The predicted octanol–water partition coefficient (Wildman–Crippen LogP) is 8.38. The first-order chi connectivity index (χ1) is 14.2. The third kappa shape index (κ3) is 3.57. The van der Waals surface area contributed by atoms with Gasteiger partial charge in [-0.15, -0.1) is 22.7 Å². The largest absolute Gasteiger partial charge is 0.336 e. The number of benzene rings is 2. The summed E-state index contributed by atoms with van der Waals surface area (Å²) in [6.45, 7) is 2.28. The third-order valence-corrected chi connectivity index (χ3v) is 7.94. The van der Waals surface area contributed by atoms with Gasteiger partial charge in [-0.1, -0.05) is 61.5 Å². The van der Waals surface area contributed by atoms with E-state index in [1.54, 1.807) is 0 Å². The van der Waals surface area contributed by atoms with Crippen molar-refractivity contribution >= 4 is 49.7 Å². The molecular weight excluding hydrogens is 390 g/mol. The van der Waals surface area contributed by atoms with Gasteiger partial charge in [0.15, 0.2) is 0 Å². The van der Waals surface area contributed by atoms with Crippen molar-refractivity contribution in [3.63, 3.8) is 0 Å². The smallest absolute Gasteiger partial charge is 0.0957 e. The van der Waals surface area contributed by atoms with Crippen molar-refractivity contribution in [2.75, 3.05) is 11.9 Å². The van der Waals surface area contributed by atoms with Crippen molar-refractivity contribution in [1.29, 1.82) is 0 Å². The van der Waals surface area contributed by atoms with Gasteiger partial charge in [-0.25, -0.2) is 0 Å². The van der Waals surface area contributed by atoms with E-state index in [2.05, 4.69) is 104 Å². The lowest BCUT2D eigenvalue weighted by molar-refractivity contribution is 0.740. The second-order valence-corrected chi connectivity index (χ2v) is 9.74. The van der Waals surface area contributed by atoms with Crippen molar-refractivity contribution < 1.29 is 0 Å². The Balaban J connectivity index is 1.45. The van der Waals surface area contributed by atoms with E-state index in [4.69, 9.17) is 0 Å². The van der Waals surface area contributed by atoms with Gasteiger partial charge in [0.2, 0.25) is 0 Å². The molecule has 1 unspecified atom stereocenters. The lowest BCUT2D eigenvalue weighted by Gasteiger charge is -2.19. The van der Waals surface area contributed by atoms with E-state index in [0.29, 0.717) is 5.92 Å². The van der Waals surface area contributed by atoms with Crippen LogP contribution in [0.5, 0.6) is 0 Å². The zero-order chi connectivity index (χ0) is 19.8. The second-order valence-electron chi connectivity index (χ2n) is 7.60. The first kappa shape index (κ1) is 18.4. The standard InChI is InChI=1S/C26H23NS2/c1-18-7-5-10-20(17-18)23-13-14-24(28-23)25-15-16-26(29-25)27(2)22-12-6-9-19-8-3-4-11-21(19)22/h3-6,8-18H,7H2,1-2H3. The summed E-state index contributed by atoms with van der Waals surface area (Å²) in [6, 6.07) is 24.1. The summed E-state index contributed by atoms with van der Waals surface area (Å²) in [5.74, 6) is 0.628. The molecule has 1 aliphatic carbocycles. The van der Waals surface area contributed by atoms with E-state index in [-0.39, 0.29) is 0 Å². The van der Waals surface area contributed by atoms with Crippen molar-refractivity contribution in [2.24, 2.45) is 5.92 Å². The Bertz CT molecular complexity index is 1220. The summed E-state index contributed by atoms with van der Waals surface area (Å²) >= 11 is 3.75. The Hall–Kier alpha value is -2.62. The molecule has 1 nitrogen and oxygen atoms in total. The van der Waals surface area contributed by atoms with Gasteiger partial charge in [0.25, 0.3) is 0 Å². The van der Waals surface area contributed by atoms with Gasteiger partial charge in [-0.3, -0.25) is 0 Å². The van der Waals surface area contributed by atoms with Crippen LogP contribution in [0.4, 0.5) is 10.7 Å². The predicted molar refractivity (Wildman–Crippen MR) is 131 cm³/mol. The zero-order valence-electron chi connectivity index (χ0n) is 16.6. The van der Waals surface area contributed by atoms with Crippen molar-refractivity contribution in [2.45, 2.75) is 13.3 Å². The molecule has 0 saturated heterocycles. The van der Waals surface area contributed by atoms with Crippen LogP contribution in [0.2, 0.25) is 0 Å². The fraction of sp³-hybridized carbons (Fsp3) is 0.154. The molecule has 0 aliphatic heterocycles. The average Bonchev–Trinajstić information content (AvgIpc) is 3.42. The minimum absolute atomic E-state index is 0.628. The SMILES string of the molecule is CC1C=C(c2ccc(-c3ccc(N(C)c4cccc5ccccc45)s3)s2)C=CC1. The summed E-state index contributed by atoms with van der Waals surface area (Å²) in [5, 5.41) is 3.83. The first-order valence-electron chi connectivity index (χ1n) is 9.99. The number of hydrogen-bond donors (Lipinski definition) is 0. The Morgan fingerprint density at radius 1 is 0.828 bits per heavy atom. The Kier molecular flexibility index (Phi) is 4.86. The molecule has 29 heavy (non-hydrogen) atoms. The quantitative estimate of drug-likeness (QED) is 0.325. The van der Waals surface area contributed by atoms with Crippen LogP contribution >= 0.6 is 22.7 Å². The molecule has 3 heteroatoms. The molecule has 2 aromatic heterocycles. The average molecular weight is 414 g/mol. The fourth-order valence-electron chi connectivity index (χ4n) is 3.89. The summed E-state index contributed by atoms with van der Waals surface area (Å²) in [5.41, 5.74) is 2.61. The van der Waals surface area contributed by atoms with E-state index >= 15 is 0 Å². The number of allylic oxidation sites excluding steroid dienone is 4. The van der Waals surface area contributed by atoms with Crippen molar-refractivity contribution in [3.05, 3.63) is 89.8 Å². The van der Waals surface area contributed by atoms with Crippen molar-refractivity contribution in [1.82, 2.24) is 0 Å². The lowest BCUT2D eigenvalue weighted by Crippen LogP contribution is -2.07. The highest BCUT2D eigenvalue weighted by atomic mass is 32.1. The number of hydrogen-bond acceptors (Lipinski definition) is 3. The first-order valence-corrected chi connectivity index (χ1v) is 11.6. The number of thiophene rings is 2. The Morgan fingerprint density at radius 3 is 2.48 bits per heavy atom. The van der Waals surface area contributed by atoms with Gasteiger partial charge in [0.1, 0.15) is 0 Å². The molecule has 0 saturated carbocycles. The van der Waals surface area contributed by atoms with Crippen LogP contribution in [-0.2, 0) is 0 Å². The van der Waals surface area contributed by atoms with E-state index in [1.807, 2.05) is 22.7 Å². The molecule has 0 radical (unpaired) electrons. The summed E-state index contributed by atoms with van der Waals surface area (Å²) in [7, 11) is 2.16. The molecular formula is C26H23NS2. The number of rotatable bonds is 4. The van der Waals surface area contributed by atoms with E-state index in [9.17, 15) is 0 Å². The molecule has 2 heterocycles. The van der Waals surface area contributed by atoms with Crippen LogP contribution in [0.3, 0.4) is 0 Å². The van der Waals surface area contributed by atoms with Crippen LogP contribution in [0.1, 0.15) is 18.2 Å². The Morgan fingerprint density at radius 2 is 1.59 bits per heavy atom. The minimum atomic E-state index is 0.628. The number of nitrogens with zero attached hydrogens (tertiary/aromatic N) is 1. The maximum Gasteiger partial charge on any atom is 0.0957 e. The summed E-state index contributed by atoms with van der Waals surface area (Å²) < 4.78 is 0. The van der Waals surface area contributed by atoms with Crippen LogP contribution in [-0.4, -0.2) is 7.05 Å². The van der Waals surface area contributed by atoms with Crippen molar-refractivity contribution in [3.8, 4) is 9.75 Å². The van der Waals surface area contributed by atoms with Crippen LogP contribution in [0.15, 0.2) is 85.0 Å². The van der Waals surface area contributed by atoms with Gasteiger partial charge in [-0.2, -0.15) is 0 Å². The molecule has 5 rings (SSSR count). The monoisotopic (exact) mass is 413 g/mol. The molecule has 1 aliphatic rings. The highest BCUT2D eigenvalue weighted by Crippen LogP contribution is 2.42. The molecule has 4 aromatic rings. The molecule has 0 spiro atoms. The van der Waals surface area contributed by atoms with Gasteiger partial charge < -0.3 is 4.90 Å². The van der Waals surface area contributed by atoms with E-state index in [1.165, 1.54) is 41.7 Å². The van der Waals surface area contributed by atoms with Crippen LogP contribution < -0.4 is 4.90 Å². The molecule has 0 bridgehead atoms. The van der Waals surface area contributed by atoms with Gasteiger partial charge >= 0.3 is 0 Å². The van der Waals surface area contributed by atoms with Gasteiger partial charge in [0.05, 0.1) is 5.00 Å². The lowest BCUT2D eigenvalue weighted by atomic mass is 9.97. The highest BCUT2D eigenvalue weighted by molar-refractivity contribution is 7.24. The molecule has 0 N–H and O–H groups in total. The molecule has 1 atom stereocenters. The van der Waals surface area contributed by atoms with Gasteiger partial charge in [0, 0.05) is 32.8 Å². The zero-order valence-corrected chi connectivity index (χ0v) is 18.3. The molecule has 0 fully saturated rings. The molecule has 144 valence electrons. The Labute approximate surface area is 180 Å². The maximum absolute atomic E-state index is 2.39. The van der Waals surface area contributed by atoms with Crippen LogP contribution in [0, 0.1) is 5.92 Å². The summed E-state index contributed by atoms with van der Waals surface area (Å²) in [4.78, 5) is 6.34. The third-order valence-electron chi connectivity index (χ3n) is 5.45.